The van der Waals surface area contributed by atoms with E-state index in [2.05, 4.69) is 10.3 Å². The van der Waals surface area contributed by atoms with Gasteiger partial charge in [0.2, 0.25) is 0 Å². The number of amides is 1. The van der Waals surface area contributed by atoms with E-state index in [1.165, 1.54) is 22.7 Å². The lowest BCUT2D eigenvalue weighted by Gasteiger charge is -2.04. The Morgan fingerprint density at radius 3 is 2.88 bits per heavy atom. The summed E-state index contributed by atoms with van der Waals surface area (Å²) in [5.41, 5.74) is 0.997. The second kappa shape index (κ2) is 8.02. The Morgan fingerprint density at radius 1 is 1.24 bits per heavy atom. The molecule has 9 heteroatoms. The van der Waals surface area contributed by atoms with Crippen LogP contribution in [0.25, 0.3) is 9.88 Å². The van der Waals surface area contributed by atoms with Crippen LogP contribution >= 0.6 is 34.0 Å². The van der Waals surface area contributed by atoms with E-state index in [1.807, 2.05) is 23.6 Å². The molecule has 0 fully saturated rings. The zero-order chi connectivity index (χ0) is 17.6. The van der Waals surface area contributed by atoms with E-state index in [0.717, 1.165) is 9.88 Å². The fourth-order valence-electron chi connectivity index (χ4n) is 1.90. The van der Waals surface area contributed by atoms with Gasteiger partial charge in [0, 0.05) is 5.38 Å². The van der Waals surface area contributed by atoms with Crippen molar-refractivity contribution < 1.29 is 14.3 Å². The highest BCUT2D eigenvalue weighted by Gasteiger charge is 2.13. The van der Waals surface area contributed by atoms with Crippen LogP contribution in [0.1, 0.15) is 11.3 Å². The molecule has 0 bridgehead atoms. The van der Waals surface area contributed by atoms with E-state index < -0.39 is 18.5 Å². The van der Waals surface area contributed by atoms with Crippen molar-refractivity contribution in [1.29, 1.82) is 5.26 Å². The van der Waals surface area contributed by atoms with Crippen molar-refractivity contribution in [3.05, 3.63) is 45.6 Å². The minimum absolute atomic E-state index is 0.0115. The molecule has 0 aromatic carbocycles. The van der Waals surface area contributed by atoms with Gasteiger partial charge in [-0.05, 0) is 22.9 Å². The SMILES string of the molecule is N#Cc1ccsc1NC(=O)COC(=O)Cc1csc(-c2cccs2)n1. The third-order valence-corrected chi connectivity index (χ3v) is 5.77. The van der Waals surface area contributed by atoms with Gasteiger partial charge in [-0.2, -0.15) is 5.26 Å². The number of rotatable bonds is 6. The van der Waals surface area contributed by atoms with Gasteiger partial charge in [0.1, 0.15) is 16.1 Å². The lowest BCUT2D eigenvalue weighted by molar-refractivity contribution is -0.146. The van der Waals surface area contributed by atoms with Crippen molar-refractivity contribution in [2.24, 2.45) is 0 Å². The van der Waals surface area contributed by atoms with Crippen LogP contribution < -0.4 is 5.32 Å². The van der Waals surface area contributed by atoms with Crippen LogP contribution in [0.15, 0.2) is 34.3 Å². The Labute approximate surface area is 155 Å². The molecule has 25 heavy (non-hydrogen) atoms. The standard InChI is InChI=1S/C16H11N3O3S3/c17-7-10-3-5-24-15(10)19-13(20)8-22-14(21)6-11-9-25-16(18-11)12-2-1-4-23-12/h1-5,9H,6,8H2,(H,19,20). The van der Waals surface area contributed by atoms with Crippen molar-refractivity contribution in [2.75, 3.05) is 11.9 Å². The van der Waals surface area contributed by atoms with Crippen LogP contribution in [0.4, 0.5) is 5.00 Å². The first kappa shape index (κ1) is 17.3. The molecule has 126 valence electrons. The summed E-state index contributed by atoms with van der Waals surface area (Å²) in [6, 6.07) is 7.50. The van der Waals surface area contributed by atoms with Gasteiger partial charge in [-0.3, -0.25) is 9.59 Å². The first-order valence-corrected chi connectivity index (χ1v) is 9.71. The number of thiophene rings is 2. The lowest BCUT2D eigenvalue weighted by Crippen LogP contribution is -2.21. The summed E-state index contributed by atoms with van der Waals surface area (Å²) in [4.78, 5) is 29.1. The number of nitrogens with zero attached hydrogens (tertiary/aromatic N) is 2. The summed E-state index contributed by atoms with van der Waals surface area (Å²) in [7, 11) is 0. The fraction of sp³-hybridized carbons (Fsp3) is 0.125. The van der Waals surface area contributed by atoms with E-state index in [4.69, 9.17) is 10.00 Å². The lowest BCUT2D eigenvalue weighted by atomic mass is 10.3. The molecule has 3 heterocycles. The third-order valence-electron chi connectivity index (χ3n) is 3.01. The fourth-order valence-corrected chi connectivity index (χ4v) is 4.29. The number of hydrogen-bond acceptors (Lipinski definition) is 8. The van der Waals surface area contributed by atoms with Crippen LogP contribution in [0.2, 0.25) is 0 Å². The highest BCUT2D eigenvalue weighted by molar-refractivity contribution is 7.20. The molecule has 3 aromatic rings. The van der Waals surface area contributed by atoms with Crippen molar-refractivity contribution in [2.45, 2.75) is 6.42 Å². The predicted octanol–water partition coefficient (Wildman–Crippen LogP) is 3.53. The molecule has 0 saturated carbocycles. The highest BCUT2D eigenvalue weighted by atomic mass is 32.1. The predicted molar refractivity (Wildman–Crippen MR) is 97.8 cm³/mol. The van der Waals surface area contributed by atoms with Gasteiger partial charge in [0.05, 0.1) is 22.6 Å². The normalized spacial score (nSPS) is 10.2. The van der Waals surface area contributed by atoms with Crippen LogP contribution in [0, 0.1) is 11.3 Å². The molecular formula is C16H11N3O3S3. The maximum atomic E-state index is 11.9. The van der Waals surface area contributed by atoms with E-state index >= 15 is 0 Å². The first-order valence-electron chi connectivity index (χ1n) is 7.07. The molecule has 0 radical (unpaired) electrons. The van der Waals surface area contributed by atoms with Crippen molar-refractivity contribution >= 4 is 50.9 Å². The molecule has 0 aliphatic heterocycles. The van der Waals surface area contributed by atoms with Gasteiger partial charge in [-0.25, -0.2) is 4.98 Å². The molecule has 0 atom stereocenters. The summed E-state index contributed by atoms with van der Waals surface area (Å²) < 4.78 is 4.97. The first-order chi connectivity index (χ1) is 12.2. The number of hydrogen-bond donors (Lipinski definition) is 1. The molecule has 6 nitrogen and oxygen atoms in total. The van der Waals surface area contributed by atoms with E-state index in [-0.39, 0.29) is 6.42 Å². The minimum Gasteiger partial charge on any atom is -0.455 e. The van der Waals surface area contributed by atoms with Gasteiger partial charge in [0.15, 0.2) is 6.61 Å². The Bertz CT molecular complexity index is 922. The minimum atomic E-state index is -0.523. The number of carbonyl (C=O) groups is 2. The number of nitrogens with one attached hydrogen (secondary N) is 1. The Balaban J connectivity index is 1.48. The molecule has 3 rings (SSSR count). The van der Waals surface area contributed by atoms with E-state index in [0.29, 0.717) is 16.3 Å². The van der Waals surface area contributed by atoms with Crippen molar-refractivity contribution in [1.82, 2.24) is 4.98 Å². The molecule has 0 unspecified atom stereocenters. The van der Waals surface area contributed by atoms with Crippen molar-refractivity contribution in [3.8, 4) is 16.0 Å². The molecule has 1 amide bonds. The summed E-state index contributed by atoms with van der Waals surface area (Å²) in [5, 5.41) is 18.2. The molecule has 3 aromatic heterocycles. The number of nitriles is 1. The van der Waals surface area contributed by atoms with Crippen LogP contribution in [-0.2, 0) is 20.7 Å². The number of ether oxygens (including phenoxy) is 1. The average molecular weight is 389 g/mol. The number of anilines is 1. The quantitative estimate of drug-likeness (QED) is 0.651. The summed E-state index contributed by atoms with van der Waals surface area (Å²) in [6.45, 7) is -0.399. The monoisotopic (exact) mass is 389 g/mol. The molecule has 0 aliphatic carbocycles. The van der Waals surface area contributed by atoms with Gasteiger partial charge < -0.3 is 10.1 Å². The third kappa shape index (κ3) is 4.51. The molecule has 1 N–H and O–H groups in total. The number of esters is 1. The van der Waals surface area contributed by atoms with Crippen LogP contribution in [0.3, 0.4) is 0 Å². The smallest absolute Gasteiger partial charge is 0.312 e. The van der Waals surface area contributed by atoms with Crippen LogP contribution in [-0.4, -0.2) is 23.5 Å². The second-order valence-electron chi connectivity index (χ2n) is 4.78. The summed E-state index contributed by atoms with van der Waals surface area (Å²) >= 11 is 4.29. The average Bonchev–Trinajstić information content (AvgIpc) is 3.34. The van der Waals surface area contributed by atoms with Gasteiger partial charge in [-0.1, -0.05) is 6.07 Å². The van der Waals surface area contributed by atoms with Gasteiger partial charge in [-0.15, -0.1) is 34.0 Å². The molecule has 0 aliphatic rings. The molecule has 0 spiro atoms. The van der Waals surface area contributed by atoms with E-state index in [9.17, 15) is 9.59 Å². The van der Waals surface area contributed by atoms with E-state index in [1.54, 1.807) is 28.2 Å². The largest absolute Gasteiger partial charge is 0.455 e. The van der Waals surface area contributed by atoms with Crippen LogP contribution in [0.5, 0.6) is 0 Å². The number of thiazole rings is 1. The molecular weight excluding hydrogens is 378 g/mol. The maximum Gasteiger partial charge on any atom is 0.312 e. The second-order valence-corrected chi connectivity index (χ2v) is 7.50. The summed E-state index contributed by atoms with van der Waals surface area (Å²) in [5.74, 6) is -1.00. The zero-order valence-corrected chi connectivity index (χ0v) is 15.2. The highest BCUT2D eigenvalue weighted by Crippen LogP contribution is 2.28. The number of carbonyl (C=O) groups excluding carboxylic acids is 2. The molecule has 0 saturated heterocycles. The van der Waals surface area contributed by atoms with Gasteiger partial charge in [0.25, 0.3) is 5.91 Å². The Hall–Kier alpha value is -2.54. The van der Waals surface area contributed by atoms with Crippen molar-refractivity contribution in [3.63, 3.8) is 0 Å². The number of aromatic nitrogens is 1. The Morgan fingerprint density at radius 2 is 2.12 bits per heavy atom. The Kier molecular flexibility index (Phi) is 5.55. The zero-order valence-electron chi connectivity index (χ0n) is 12.7. The summed E-state index contributed by atoms with van der Waals surface area (Å²) in [6.07, 6.45) is 0.0115. The maximum absolute atomic E-state index is 11.9. The van der Waals surface area contributed by atoms with Gasteiger partial charge >= 0.3 is 5.97 Å². The topological polar surface area (TPSA) is 92.1 Å².